The van der Waals surface area contributed by atoms with Gasteiger partial charge in [0.1, 0.15) is 22.5 Å². The number of carbonyl (C=O) groups is 2. The lowest BCUT2D eigenvalue weighted by atomic mass is 10.1. The Kier molecular flexibility index (Phi) is 3.77. The van der Waals surface area contributed by atoms with Gasteiger partial charge in [0, 0.05) is 0 Å². The standard InChI is InChI=1S/C9H3F6NO5/c10-8(11,12)4-1(6(18)19)3(17)2(7(20)21)5(16-4)9(13,14)15/h(H,16,17)(H,18,19)(H,20,21). The van der Waals surface area contributed by atoms with Crippen molar-refractivity contribution in [3.63, 3.8) is 0 Å². The van der Waals surface area contributed by atoms with E-state index in [-0.39, 0.29) is 0 Å². The third-order valence-corrected chi connectivity index (χ3v) is 2.20. The minimum Gasteiger partial charge on any atom is -0.477 e. The van der Waals surface area contributed by atoms with Crippen LogP contribution in [-0.4, -0.2) is 27.1 Å². The second-order valence-corrected chi connectivity index (χ2v) is 3.56. The number of carboxylic acid groups (broad SMARTS) is 2. The Morgan fingerprint density at radius 1 is 0.810 bits per heavy atom. The number of aromatic nitrogens is 1. The van der Waals surface area contributed by atoms with Gasteiger partial charge in [0.25, 0.3) is 0 Å². The summed E-state index contributed by atoms with van der Waals surface area (Å²) in [6.45, 7) is 0. The number of hydrogen-bond donors (Lipinski definition) is 3. The number of nitrogens with one attached hydrogen (secondary N) is 1. The monoisotopic (exact) mass is 319 g/mol. The zero-order valence-electron chi connectivity index (χ0n) is 9.39. The van der Waals surface area contributed by atoms with Crippen molar-refractivity contribution in [1.29, 1.82) is 0 Å². The van der Waals surface area contributed by atoms with Gasteiger partial charge in [0.05, 0.1) is 0 Å². The Bertz CT molecular complexity index is 618. The van der Waals surface area contributed by atoms with Gasteiger partial charge < -0.3 is 15.2 Å². The van der Waals surface area contributed by atoms with E-state index in [9.17, 15) is 40.7 Å². The van der Waals surface area contributed by atoms with Crippen molar-refractivity contribution in [3.8, 4) is 0 Å². The normalized spacial score (nSPS) is 12.3. The molecule has 0 aliphatic heterocycles. The zero-order chi connectivity index (χ0) is 16.7. The molecular weight excluding hydrogens is 316 g/mol. The summed E-state index contributed by atoms with van der Waals surface area (Å²) in [5.41, 5.74) is -11.6. The van der Waals surface area contributed by atoms with E-state index < -0.39 is 52.2 Å². The second-order valence-electron chi connectivity index (χ2n) is 3.56. The molecule has 0 aromatic carbocycles. The number of aromatic amines is 1. The Hall–Kier alpha value is -2.53. The van der Waals surface area contributed by atoms with Crippen LogP contribution in [0.4, 0.5) is 26.3 Å². The minimum absolute atomic E-state index is 0.653. The summed E-state index contributed by atoms with van der Waals surface area (Å²) in [6, 6.07) is 0. The van der Waals surface area contributed by atoms with Crippen LogP contribution in [-0.2, 0) is 12.4 Å². The molecule has 6 nitrogen and oxygen atoms in total. The quantitative estimate of drug-likeness (QED) is 0.721. The van der Waals surface area contributed by atoms with Gasteiger partial charge in [-0.2, -0.15) is 26.3 Å². The lowest BCUT2D eigenvalue weighted by molar-refractivity contribution is -0.150. The van der Waals surface area contributed by atoms with Gasteiger partial charge in [0.2, 0.25) is 5.43 Å². The van der Waals surface area contributed by atoms with Crippen molar-refractivity contribution in [1.82, 2.24) is 4.98 Å². The first-order valence-corrected chi connectivity index (χ1v) is 4.69. The summed E-state index contributed by atoms with van der Waals surface area (Å²) in [5, 5.41) is 17.0. The maximum Gasteiger partial charge on any atom is 0.432 e. The maximum atomic E-state index is 12.5. The highest BCUT2D eigenvalue weighted by molar-refractivity contribution is 5.95. The lowest BCUT2D eigenvalue weighted by Gasteiger charge is -2.16. The highest BCUT2D eigenvalue weighted by atomic mass is 19.4. The molecule has 1 heterocycles. The molecule has 0 fully saturated rings. The van der Waals surface area contributed by atoms with Crippen LogP contribution >= 0.6 is 0 Å². The van der Waals surface area contributed by atoms with E-state index in [4.69, 9.17) is 10.2 Å². The smallest absolute Gasteiger partial charge is 0.432 e. The molecule has 116 valence electrons. The lowest BCUT2D eigenvalue weighted by Crippen LogP contribution is -2.33. The Morgan fingerprint density at radius 3 is 1.29 bits per heavy atom. The number of rotatable bonds is 2. The largest absolute Gasteiger partial charge is 0.477 e. The molecule has 0 amide bonds. The van der Waals surface area contributed by atoms with Crippen LogP contribution in [0.1, 0.15) is 32.1 Å². The number of pyridine rings is 1. The van der Waals surface area contributed by atoms with Gasteiger partial charge in [-0.3, -0.25) is 4.79 Å². The molecule has 0 saturated carbocycles. The van der Waals surface area contributed by atoms with E-state index >= 15 is 0 Å². The van der Waals surface area contributed by atoms with Crippen LogP contribution in [0, 0.1) is 0 Å². The van der Waals surface area contributed by atoms with E-state index in [1.165, 1.54) is 0 Å². The van der Waals surface area contributed by atoms with Crippen LogP contribution < -0.4 is 5.43 Å². The van der Waals surface area contributed by atoms with Gasteiger partial charge in [-0.15, -0.1) is 0 Å². The van der Waals surface area contributed by atoms with Crippen molar-refractivity contribution < 1.29 is 46.1 Å². The summed E-state index contributed by atoms with van der Waals surface area (Å²) >= 11 is 0. The average Bonchev–Trinajstić information content (AvgIpc) is 2.23. The van der Waals surface area contributed by atoms with Gasteiger partial charge in [-0.1, -0.05) is 0 Å². The van der Waals surface area contributed by atoms with E-state index in [1.54, 1.807) is 0 Å². The van der Waals surface area contributed by atoms with Crippen LogP contribution in [0.3, 0.4) is 0 Å². The fourth-order valence-electron chi connectivity index (χ4n) is 1.44. The molecule has 0 radical (unpaired) electrons. The van der Waals surface area contributed by atoms with E-state index in [1.807, 2.05) is 0 Å². The topological polar surface area (TPSA) is 107 Å². The molecular formula is C9H3F6NO5. The molecule has 1 rings (SSSR count). The second kappa shape index (κ2) is 4.79. The number of alkyl halides is 6. The summed E-state index contributed by atoms with van der Waals surface area (Å²) in [4.78, 5) is 33.3. The van der Waals surface area contributed by atoms with Crippen molar-refractivity contribution in [2.45, 2.75) is 12.4 Å². The van der Waals surface area contributed by atoms with Crippen LogP contribution in [0.25, 0.3) is 0 Å². The zero-order valence-corrected chi connectivity index (χ0v) is 9.39. The fourth-order valence-corrected chi connectivity index (χ4v) is 1.44. The molecule has 21 heavy (non-hydrogen) atoms. The van der Waals surface area contributed by atoms with E-state index in [0.717, 1.165) is 0 Å². The van der Waals surface area contributed by atoms with Crippen molar-refractivity contribution >= 4 is 11.9 Å². The van der Waals surface area contributed by atoms with Crippen LogP contribution in [0.5, 0.6) is 0 Å². The van der Waals surface area contributed by atoms with E-state index in [0.29, 0.717) is 4.98 Å². The Morgan fingerprint density at radius 2 is 1.10 bits per heavy atom. The van der Waals surface area contributed by atoms with Crippen LogP contribution in [0.15, 0.2) is 4.79 Å². The van der Waals surface area contributed by atoms with Gasteiger partial charge in [-0.05, 0) is 0 Å². The molecule has 0 aliphatic carbocycles. The summed E-state index contributed by atoms with van der Waals surface area (Å²) < 4.78 is 75.2. The van der Waals surface area contributed by atoms with Gasteiger partial charge in [-0.25, -0.2) is 9.59 Å². The first kappa shape index (κ1) is 16.5. The van der Waals surface area contributed by atoms with Crippen molar-refractivity contribution in [3.05, 3.63) is 32.7 Å². The van der Waals surface area contributed by atoms with Gasteiger partial charge >= 0.3 is 24.3 Å². The average molecular weight is 319 g/mol. The minimum atomic E-state index is -5.64. The molecule has 0 saturated heterocycles. The Labute approximate surface area is 109 Å². The molecule has 3 N–H and O–H groups in total. The number of halogens is 6. The fraction of sp³-hybridized carbons (Fsp3) is 0.222. The van der Waals surface area contributed by atoms with Crippen LogP contribution in [0.2, 0.25) is 0 Å². The molecule has 0 spiro atoms. The number of H-pyrrole nitrogens is 1. The van der Waals surface area contributed by atoms with E-state index in [2.05, 4.69) is 0 Å². The predicted molar refractivity (Wildman–Crippen MR) is 51.0 cm³/mol. The summed E-state index contributed by atoms with van der Waals surface area (Å²) in [7, 11) is 0. The van der Waals surface area contributed by atoms with Crippen molar-refractivity contribution in [2.75, 3.05) is 0 Å². The first-order valence-electron chi connectivity index (χ1n) is 4.69. The molecule has 1 aromatic rings. The summed E-state index contributed by atoms with van der Waals surface area (Å²) in [5.74, 6) is -5.03. The highest BCUT2D eigenvalue weighted by Gasteiger charge is 2.45. The van der Waals surface area contributed by atoms with Gasteiger partial charge in [0.15, 0.2) is 0 Å². The number of aromatic carboxylic acids is 2. The molecule has 0 unspecified atom stereocenters. The third-order valence-electron chi connectivity index (χ3n) is 2.20. The number of hydrogen-bond acceptors (Lipinski definition) is 3. The summed E-state index contributed by atoms with van der Waals surface area (Å²) in [6.07, 6.45) is -11.3. The first-order chi connectivity index (χ1) is 9.28. The maximum absolute atomic E-state index is 12.5. The molecule has 0 atom stereocenters. The Balaban J connectivity index is 4.04. The number of carboxylic acids is 2. The highest BCUT2D eigenvalue weighted by Crippen LogP contribution is 2.35. The molecule has 12 heteroatoms. The molecule has 0 aliphatic rings. The molecule has 1 aromatic heterocycles. The predicted octanol–water partition coefficient (Wildman–Crippen LogP) is 1.81. The SMILES string of the molecule is O=C(O)c1c(C(F)(F)F)[nH]c(C(F)(F)F)c(C(=O)O)c1=O. The third kappa shape index (κ3) is 2.98. The van der Waals surface area contributed by atoms with Crippen molar-refractivity contribution in [2.24, 2.45) is 0 Å². The molecule has 0 bridgehead atoms.